The second-order valence-corrected chi connectivity index (χ2v) is 6.96. The summed E-state index contributed by atoms with van der Waals surface area (Å²) < 4.78 is 0. The van der Waals surface area contributed by atoms with Crippen molar-refractivity contribution in [2.45, 2.75) is 6.54 Å². The average Bonchev–Trinajstić information content (AvgIpc) is 3.11. The summed E-state index contributed by atoms with van der Waals surface area (Å²) in [6, 6.07) is 9.31. The molecule has 0 spiro atoms. The van der Waals surface area contributed by atoms with E-state index in [1.807, 2.05) is 17.5 Å². The van der Waals surface area contributed by atoms with Gasteiger partial charge in [0.25, 0.3) is 0 Å². The van der Waals surface area contributed by atoms with Crippen LogP contribution in [0.4, 0.5) is 5.82 Å². The number of hydrogen-bond donors (Lipinski definition) is 1. The Labute approximate surface area is 149 Å². The van der Waals surface area contributed by atoms with Gasteiger partial charge in [0.05, 0.1) is 10.9 Å². The first kappa shape index (κ1) is 16.0. The van der Waals surface area contributed by atoms with Gasteiger partial charge in [0, 0.05) is 32.7 Å². The number of carbonyl (C=O) groups is 1. The summed E-state index contributed by atoms with van der Waals surface area (Å²) >= 11 is 1.63. The minimum absolute atomic E-state index is 0.390. The molecule has 3 heterocycles. The zero-order chi connectivity index (χ0) is 17.2. The first-order valence-corrected chi connectivity index (χ1v) is 9.07. The molecule has 0 atom stereocenters. The number of carboxylic acids is 1. The highest BCUT2D eigenvalue weighted by Crippen LogP contribution is 2.27. The van der Waals surface area contributed by atoms with Crippen molar-refractivity contribution in [1.29, 1.82) is 0 Å². The van der Waals surface area contributed by atoms with Crippen molar-refractivity contribution in [3.63, 3.8) is 0 Å². The van der Waals surface area contributed by atoms with Crippen LogP contribution in [0.25, 0.3) is 10.2 Å². The number of anilines is 1. The Morgan fingerprint density at radius 1 is 1.12 bits per heavy atom. The number of fused-ring (bicyclic) bond motifs is 1. The maximum absolute atomic E-state index is 11.4. The molecule has 0 amide bonds. The van der Waals surface area contributed by atoms with Gasteiger partial charge in [-0.05, 0) is 23.1 Å². The van der Waals surface area contributed by atoms with E-state index in [0.717, 1.165) is 47.8 Å². The number of rotatable bonds is 4. The molecule has 3 aromatic rings. The third-order valence-electron chi connectivity index (χ3n) is 4.55. The van der Waals surface area contributed by atoms with Crippen molar-refractivity contribution in [3.8, 4) is 0 Å². The Hall–Kier alpha value is -2.51. The molecule has 1 N–H and O–H groups in total. The van der Waals surface area contributed by atoms with Crippen LogP contribution in [0.15, 0.2) is 42.0 Å². The molecule has 0 bridgehead atoms. The van der Waals surface area contributed by atoms with Gasteiger partial charge in [-0.3, -0.25) is 4.90 Å². The lowest BCUT2D eigenvalue weighted by Crippen LogP contribution is -2.46. The molecule has 0 aliphatic carbocycles. The van der Waals surface area contributed by atoms with E-state index in [4.69, 9.17) is 0 Å². The first-order valence-electron chi connectivity index (χ1n) is 8.19. The minimum atomic E-state index is -0.866. The summed E-state index contributed by atoms with van der Waals surface area (Å²) in [5, 5.41) is 12.5. The number of nitrogens with zero attached hydrogens (tertiary/aromatic N) is 4. The smallest absolute Gasteiger partial charge is 0.336 e. The van der Waals surface area contributed by atoms with Crippen LogP contribution in [0.3, 0.4) is 0 Å². The lowest BCUT2D eigenvalue weighted by Gasteiger charge is -2.35. The Morgan fingerprint density at radius 3 is 2.72 bits per heavy atom. The molecule has 1 aliphatic rings. The number of aromatic nitrogens is 2. The Morgan fingerprint density at radius 2 is 1.92 bits per heavy atom. The van der Waals surface area contributed by atoms with Gasteiger partial charge in [-0.1, -0.05) is 18.2 Å². The summed E-state index contributed by atoms with van der Waals surface area (Å²) in [7, 11) is 0. The van der Waals surface area contributed by atoms with E-state index in [0.29, 0.717) is 12.1 Å². The van der Waals surface area contributed by atoms with Crippen molar-refractivity contribution in [2.24, 2.45) is 0 Å². The van der Waals surface area contributed by atoms with Gasteiger partial charge in [0.15, 0.2) is 0 Å². The van der Waals surface area contributed by atoms with E-state index in [-0.39, 0.29) is 0 Å². The molecule has 2 aromatic heterocycles. The fourth-order valence-corrected chi connectivity index (χ4v) is 3.98. The van der Waals surface area contributed by atoms with Gasteiger partial charge >= 0.3 is 5.97 Å². The van der Waals surface area contributed by atoms with E-state index < -0.39 is 5.97 Å². The van der Waals surface area contributed by atoms with E-state index in [1.165, 1.54) is 0 Å². The maximum Gasteiger partial charge on any atom is 0.336 e. The summed E-state index contributed by atoms with van der Waals surface area (Å²) in [5.74, 6) is 0.131. The Bertz CT molecular complexity index is 903. The molecule has 1 saturated heterocycles. The molecule has 0 saturated carbocycles. The molecule has 0 radical (unpaired) electrons. The van der Waals surface area contributed by atoms with Gasteiger partial charge in [-0.25, -0.2) is 14.8 Å². The fraction of sp³-hybridized carbons (Fsp3) is 0.278. The molecule has 4 rings (SSSR count). The Kier molecular flexibility index (Phi) is 4.33. The molecular weight excluding hydrogens is 336 g/mol. The summed E-state index contributed by atoms with van der Waals surface area (Å²) in [5.41, 5.74) is 1.26. The molecule has 6 nitrogen and oxygen atoms in total. The predicted molar refractivity (Wildman–Crippen MR) is 98.3 cm³/mol. The van der Waals surface area contributed by atoms with Crippen LogP contribution in [-0.4, -0.2) is 52.1 Å². The van der Waals surface area contributed by atoms with Crippen molar-refractivity contribution < 1.29 is 9.90 Å². The number of hydrogen-bond acceptors (Lipinski definition) is 6. The van der Waals surface area contributed by atoms with E-state index in [1.54, 1.807) is 29.8 Å². The number of benzene rings is 1. The highest BCUT2D eigenvalue weighted by molar-refractivity contribution is 7.16. The van der Waals surface area contributed by atoms with Crippen molar-refractivity contribution >= 4 is 33.3 Å². The molecular formula is C18H18N4O2S. The van der Waals surface area contributed by atoms with Crippen LogP contribution in [0.2, 0.25) is 0 Å². The van der Waals surface area contributed by atoms with Crippen LogP contribution >= 0.6 is 11.3 Å². The van der Waals surface area contributed by atoms with Crippen LogP contribution in [0.5, 0.6) is 0 Å². The van der Waals surface area contributed by atoms with Gasteiger partial charge < -0.3 is 10.0 Å². The van der Waals surface area contributed by atoms with Gasteiger partial charge in [-0.2, -0.15) is 0 Å². The molecule has 1 aliphatic heterocycles. The van der Waals surface area contributed by atoms with E-state index in [9.17, 15) is 9.90 Å². The molecule has 25 heavy (non-hydrogen) atoms. The lowest BCUT2D eigenvalue weighted by atomic mass is 10.1. The third-order valence-corrected chi connectivity index (χ3v) is 5.37. The summed E-state index contributed by atoms with van der Waals surface area (Å²) in [6.07, 6.45) is 1.63. The third kappa shape index (κ3) is 3.20. The van der Waals surface area contributed by atoms with E-state index in [2.05, 4.69) is 25.8 Å². The zero-order valence-electron chi connectivity index (χ0n) is 13.6. The summed E-state index contributed by atoms with van der Waals surface area (Å²) in [6.45, 7) is 4.16. The molecule has 0 unspecified atom stereocenters. The normalized spacial score (nSPS) is 15.6. The SMILES string of the molecule is O=C(O)c1ccccc1CN1CCN(c2ncnc3sccc23)CC1. The minimum Gasteiger partial charge on any atom is -0.478 e. The number of aromatic carboxylic acids is 1. The lowest BCUT2D eigenvalue weighted by molar-refractivity contribution is 0.0694. The van der Waals surface area contributed by atoms with Crippen molar-refractivity contribution in [2.75, 3.05) is 31.1 Å². The topological polar surface area (TPSA) is 69.6 Å². The number of thiophene rings is 1. The zero-order valence-corrected chi connectivity index (χ0v) is 14.4. The highest BCUT2D eigenvalue weighted by Gasteiger charge is 2.21. The molecule has 1 aromatic carbocycles. The van der Waals surface area contributed by atoms with E-state index >= 15 is 0 Å². The monoisotopic (exact) mass is 354 g/mol. The molecule has 1 fully saturated rings. The van der Waals surface area contributed by atoms with Crippen molar-refractivity contribution in [3.05, 3.63) is 53.2 Å². The summed E-state index contributed by atoms with van der Waals surface area (Å²) in [4.78, 5) is 25.7. The van der Waals surface area contributed by atoms with Gasteiger partial charge in [0.1, 0.15) is 17.0 Å². The standard InChI is InChI=1S/C18H18N4O2S/c23-18(24)14-4-2-1-3-13(14)11-21-6-8-22(9-7-21)16-15-5-10-25-17(15)20-12-19-16/h1-5,10,12H,6-9,11H2,(H,23,24). The van der Waals surface area contributed by atoms with Crippen LogP contribution in [0, 0.1) is 0 Å². The fourth-order valence-electron chi connectivity index (χ4n) is 3.25. The van der Waals surface area contributed by atoms with Crippen LogP contribution in [-0.2, 0) is 6.54 Å². The average molecular weight is 354 g/mol. The maximum atomic E-state index is 11.4. The predicted octanol–water partition coefficient (Wildman–Crippen LogP) is 2.71. The molecule has 128 valence electrons. The van der Waals surface area contributed by atoms with Gasteiger partial charge in [0.2, 0.25) is 0 Å². The van der Waals surface area contributed by atoms with Crippen LogP contribution in [0.1, 0.15) is 15.9 Å². The largest absolute Gasteiger partial charge is 0.478 e. The van der Waals surface area contributed by atoms with Crippen molar-refractivity contribution in [1.82, 2.24) is 14.9 Å². The first-order chi connectivity index (χ1) is 12.2. The quantitative estimate of drug-likeness (QED) is 0.777. The highest BCUT2D eigenvalue weighted by atomic mass is 32.1. The number of carboxylic acid groups (broad SMARTS) is 1. The van der Waals surface area contributed by atoms with Gasteiger partial charge in [-0.15, -0.1) is 11.3 Å². The van der Waals surface area contributed by atoms with Crippen LogP contribution < -0.4 is 4.90 Å². The number of piperazine rings is 1. The second-order valence-electron chi connectivity index (χ2n) is 6.06. The molecule has 7 heteroatoms. The second kappa shape index (κ2) is 6.78. The Balaban J connectivity index is 1.46.